The fraction of sp³-hybridized carbons (Fsp3) is 0.111. The average Bonchev–Trinajstić information content (AvgIpc) is 2.52. The number of aromatic amines is 1. The molecular weight excluding hydrogens is 230 g/mol. The van der Waals surface area contributed by atoms with E-state index in [1.165, 1.54) is 0 Å². The lowest BCUT2D eigenvalue weighted by Crippen LogP contribution is -1.82. The highest BCUT2D eigenvalue weighted by atomic mass is 79.9. The van der Waals surface area contributed by atoms with Crippen molar-refractivity contribution in [2.75, 3.05) is 0 Å². The van der Waals surface area contributed by atoms with Crippen LogP contribution in [-0.4, -0.2) is 15.0 Å². The molecule has 0 spiro atoms. The number of hydrogen-bond acceptors (Lipinski definition) is 2. The van der Waals surface area contributed by atoms with Gasteiger partial charge < -0.3 is 4.98 Å². The lowest BCUT2D eigenvalue weighted by atomic mass is 10.3. The zero-order valence-electron chi connectivity index (χ0n) is 7.08. The van der Waals surface area contributed by atoms with Crippen LogP contribution in [0.15, 0.2) is 29.1 Å². The molecule has 0 saturated carbocycles. The molecule has 66 valence electrons. The summed E-state index contributed by atoms with van der Waals surface area (Å²) in [5, 5.41) is 0. The van der Waals surface area contributed by atoms with Crippen molar-refractivity contribution in [3.05, 3.63) is 34.8 Å². The molecule has 0 atom stereocenters. The number of hydrogen-bond donors (Lipinski definition) is 1. The second kappa shape index (κ2) is 3.30. The van der Waals surface area contributed by atoms with E-state index in [-0.39, 0.29) is 0 Å². The van der Waals surface area contributed by atoms with Crippen molar-refractivity contribution in [1.82, 2.24) is 15.0 Å². The Kier molecular flexibility index (Phi) is 2.14. The Morgan fingerprint density at radius 3 is 2.77 bits per heavy atom. The molecule has 4 heteroatoms. The van der Waals surface area contributed by atoms with Gasteiger partial charge in [0.15, 0.2) is 0 Å². The molecule has 13 heavy (non-hydrogen) atoms. The maximum Gasteiger partial charge on any atom is 0.139 e. The third-order valence-electron chi connectivity index (χ3n) is 1.68. The molecule has 0 aliphatic heterocycles. The molecule has 0 aliphatic carbocycles. The van der Waals surface area contributed by atoms with Crippen molar-refractivity contribution < 1.29 is 0 Å². The number of nitrogens with zero attached hydrogens (tertiary/aromatic N) is 2. The van der Waals surface area contributed by atoms with E-state index < -0.39 is 0 Å². The van der Waals surface area contributed by atoms with Gasteiger partial charge in [-0.15, -0.1) is 0 Å². The quantitative estimate of drug-likeness (QED) is 0.829. The lowest BCUT2D eigenvalue weighted by Gasteiger charge is -1.95. The highest BCUT2D eigenvalue weighted by Gasteiger charge is 2.01. The van der Waals surface area contributed by atoms with E-state index >= 15 is 0 Å². The van der Waals surface area contributed by atoms with Crippen LogP contribution in [0.1, 0.15) is 5.69 Å². The summed E-state index contributed by atoms with van der Waals surface area (Å²) in [5.41, 5.74) is 2.04. The third-order valence-corrected chi connectivity index (χ3v) is 2.11. The topological polar surface area (TPSA) is 41.6 Å². The van der Waals surface area contributed by atoms with Crippen molar-refractivity contribution in [2.24, 2.45) is 0 Å². The van der Waals surface area contributed by atoms with Crippen LogP contribution in [0, 0.1) is 6.92 Å². The van der Waals surface area contributed by atoms with Gasteiger partial charge in [-0.1, -0.05) is 0 Å². The molecule has 0 aliphatic rings. The highest BCUT2D eigenvalue weighted by molar-refractivity contribution is 9.10. The normalized spacial score (nSPS) is 10.3. The van der Waals surface area contributed by atoms with E-state index in [0.717, 1.165) is 21.6 Å². The summed E-state index contributed by atoms with van der Waals surface area (Å²) in [4.78, 5) is 11.4. The van der Waals surface area contributed by atoms with Gasteiger partial charge in [-0.3, -0.25) is 4.98 Å². The molecule has 2 rings (SSSR count). The number of imidazole rings is 1. The summed E-state index contributed by atoms with van der Waals surface area (Å²) in [5.74, 6) is 0.853. The first-order valence-corrected chi connectivity index (χ1v) is 4.67. The van der Waals surface area contributed by atoms with E-state index in [0.29, 0.717) is 0 Å². The van der Waals surface area contributed by atoms with Crippen molar-refractivity contribution in [3.8, 4) is 11.4 Å². The van der Waals surface area contributed by atoms with Gasteiger partial charge in [0.25, 0.3) is 0 Å². The number of pyridine rings is 1. The molecule has 0 aromatic carbocycles. The first-order chi connectivity index (χ1) is 6.25. The number of aryl methyl sites for hydroxylation is 1. The summed E-state index contributed by atoms with van der Waals surface area (Å²) < 4.78 is 0.957. The van der Waals surface area contributed by atoms with Gasteiger partial charge in [0, 0.05) is 34.3 Å². The minimum absolute atomic E-state index is 0.853. The SMILES string of the molecule is Cc1cnc(-c2cncc(Br)c2)[nH]1. The Morgan fingerprint density at radius 1 is 1.31 bits per heavy atom. The maximum absolute atomic E-state index is 4.21. The fourth-order valence-corrected chi connectivity index (χ4v) is 1.47. The molecular formula is C9H8BrN3. The number of halogens is 1. The lowest BCUT2D eigenvalue weighted by molar-refractivity contribution is 1.23. The molecule has 0 fully saturated rings. The number of nitrogens with one attached hydrogen (secondary N) is 1. The zero-order valence-corrected chi connectivity index (χ0v) is 8.67. The molecule has 0 amide bonds. The molecule has 0 saturated heterocycles. The van der Waals surface area contributed by atoms with Gasteiger partial charge in [0.2, 0.25) is 0 Å². The van der Waals surface area contributed by atoms with Crippen LogP contribution in [0.5, 0.6) is 0 Å². The van der Waals surface area contributed by atoms with Crippen molar-refractivity contribution in [3.63, 3.8) is 0 Å². The van der Waals surface area contributed by atoms with Gasteiger partial charge in [-0.25, -0.2) is 4.98 Å². The molecule has 0 bridgehead atoms. The standard InChI is InChI=1S/C9H8BrN3/c1-6-3-12-9(13-6)7-2-8(10)5-11-4-7/h2-5H,1H3,(H,12,13). The summed E-state index contributed by atoms with van der Waals surface area (Å²) in [6.45, 7) is 1.97. The Balaban J connectivity index is 2.46. The van der Waals surface area contributed by atoms with Crippen LogP contribution < -0.4 is 0 Å². The van der Waals surface area contributed by atoms with Crippen molar-refractivity contribution in [1.29, 1.82) is 0 Å². The molecule has 3 nitrogen and oxygen atoms in total. The molecule has 2 aromatic rings. The summed E-state index contributed by atoms with van der Waals surface area (Å²) in [6, 6.07) is 1.98. The Hall–Kier alpha value is -1.16. The molecule has 0 radical (unpaired) electrons. The summed E-state index contributed by atoms with van der Waals surface area (Å²) >= 11 is 3.36. The van der Waals surface area contributed by atoms with Crippen molar-refractivity contribution >= 4 is 15.9 Å². The van der Waals surface area contributed by atoms with E-state index in [1.54, 1.807) is 18.6 Å². The van der Waals surface area contributed by atoms with Crippen LogP contribution in [0.4, 0.5) is 0 Å². The van der Waals surface area contributed by atoms with Crippen LogP contribution in [0.3, 0.4) is 0 Å². The van der Waals surface area contributed by atoms with Crippen LogP contribution >= 0.6 is 15.9 Å². The Morgan fingerprint density at radius 2 is 2.15 bits per heavy atom. The second-order valence-corrected chi connectivity index (χ2v) is 3.72. The average molecular weight is 238 g/mol. The smallest absolute Gasteiger partial charge is 0.139 e. The highest BCUT2D eigenvalue weighted by Crippen LogP contribution is 2.18. The van der Waals surface area contributed by atoms with Gasteiger partial charge >= 0.3 is 0 Å². The molecule has 2 aromatic heterocycles. The van der Waals surface area contributed by atoms with Gasteiger partial charge in [-0.2, -0.15) is 0 Å². The monoisotopic (exact) mass is 237 g/mol. The van der Waals surface area contributed by atoms with Gasteiger partial charge in [0.05, 0.1) is 0 Å². The van der Waals surface area contributed by atoms with Gasteiger partial charge in [-0.05, 0) is 28.9 Å². The molecule has 1 N–H and O–H groups in total. The summed E-state index contributed by atoms with van der Waals surface area (Å²) in [7, 11) is 0. The first-order valence-electron chi connectivity index (χ1n) is 3.88. The largest absolute Gasteiger partial charge is 0.342 e. The predicted molar refractivity (Wildman–Crippen MR) is 54.3 cm³/mol. The first kappa shape index (κ1) is 8.44. The Bertz CT molecular complexity index is 422. The molecule has 0 unspecified atom stereocenters. The predicted octanol–water partition coefficient (Wildman–Crippen LogP) is 2.54. The molecule has 2 heterocycles. The minimum Gasteiger partial charge on any atom is -0.342 e. The van der Waals surface area contributed by atoms with Gasteiger partial charge in [0.1, 0.15) is 5.82 Å². The van der Waals surface area contributed by atoms with E-state index in [9.17, 15) is 0 Å². The van der Waals surface area contributed by atoms with Crippen molar-refractivity contribution in [2.45, 2.75) is 6.92 Å². The number of aromatic nitrogens is 3. The van der Waals surface area contributed by atoms with Crippen LogP contribution in [0.25, 0.3) is 11.4 Å². The fourth-order valence-electron chi connectivity index (χ4n) is 1.10. The number of rotatable bonds is 1. The maximum atomic E-state index is 4.21. The Labute approximate surface area is 84.4 Å². The number of H-pyrrole nitrogens is 1. The summed E-state index contributed by atoms with van der Waals surface area (Å²) in [6.07, 6.45) is 5.33. The second-order valence-electron chi connectivity index (χ2n) is 2.81. The van der Waals surface area contributed by atoms with Crippen LogP contribution in [0.2, 0.25) is 0 Å². The van der Waals surface area contributed by atoms with E-state index in [1.807, 2.05) is 13.0 Å². The van der Waals surface area contributed by atoms with E-state index in [2.05, 4.69) is 30.9 Å². The minimum atomic E-state index is 0.853. The third kappa shape index (κ3) is 1.78. The van der Waals surface area contributed by atoms with Crippen LogP contribution in [-0.2, 0) is 0 Å². The van der Waals surface area contributed by atoms with E-state index in [4.69, 9.17) is 0 Å². The zero-order chi connectivity index (χ0) is 9.26.